The van der Waals surface area contributed by atoms with Gasteiger partial charge in [0.2, 0.25) is 0 Å². The van der Waals surface area contributed by atoms with Crippen LogP contribution in [0.25, 0.3) is 0 Å². The van der Waals surface area contributed by atoms with Gasteiger partial charge in [-0.3, -0.25) is 23.8 Å². The van der Waals surface area contributed by atoms with Gasteiger partial charge in [0, 0.05) is 20.2 Å². The normalized spacial score (nSPS) is 12.2. The lowest BCUT2D eigenvalue weighted by Crippen LogP contribution is -2.41. The molecule has 1 atom stereocenters. The molecule has 0 spiro atoms. The second-order valence-corrected chi connectivity index (χ2v) is 4.74. The van der Waals surface area contributed by atoms with Crippen molar-refractivity contribution >= 4 is 5.91 Å². The lowest BCUT2D eigenvalue weighted by atomic mass is 10.3. The number of rotatable bonds is 3. The third-order valence-electron chi connectivity index (χ3n) is 3.11. The van der Waals surface area contributed by atoms with Gasteiger partial charge in [0.1, 0.15) is 11.5 Å². The van der Waals surface area contributed by atoms with E-state index in [1.165, 1.54) is 14.1 Å². The van der Waals surface area contributed by atoms with Crippen LogP contribution in [-0.4, -0.2) is 30.2 Å². The van der Waals surface area contributed by atoms with Gasteiger partial charge in [0.25, 0.3) is 11.5 Å². The SMILES string of the molecule is Cc1nc(C(C)NC(=O)c2cc(=O)n(C)c(=O)n2C)n[nH]1. The van der Waals surface area contributed by atoms with Crippen LogP contribution in [0.4, 0.5) is 0 Å². The van der Waals surface area contributed by atoms with Crippen LogP contribution >= 0.6 is 0 Å². The summed E-state index contributed by atoms with van der Waals surface area (Å²) in [7, 11) is 2.78. The molecule has 2 heterocycles. The fourth-order valence-corrected chi connectivity index (χ4v) is 1.84. The van der Waals surface area contributed by atoms with E-state index in [2.05, 4.69) is 20.5 Å². The summed E-state index contributed by atoms with van der Waals surface area (Å²) in [6, 6.07) is 0.661. The minimum absolute atomic E-state index is 0.0118. The van der Waals surface area contributed by atoms with Crippen molar-refractivity contribution in [2.45, 2.75) is 19.9 Å². The molecule has 1 amide bonds. The maximum atomic E-state index is 12.2. The number of amides is 1. The van der Waals surface area contributed by atoms with Crippen LogP contribution in [0.5, 0.6) is 0 Å². The number of carbonyl (C=O) groups is 1. The van der Waals surface area contributed by atoms with Crippen LogP contribution in [0.2, 0.25) is 0 Å². The highest BCUT2D eigenvalue weighted by molar-refractivity contribution is 5.92. The first-order chi connectivity index (χ1) is 9.81. The maximum Gasteiger partial charge on any atom is 0.331 e. The smallest absolute Gasteiger partial charge is 0.331 e. The Morgan fingerprint density at radius 3 is 2.57 bits per heavy atom. The van der Waals surface area contributed by atoms with E-state index in [0.29, 0.717) is 11.6 Å². The number of aromatic nitrogens is 5. The Bertz CT molecular complexity index is 800. The molecular weight excluding hydrogens is 276 g/mol. The molecule has 2 aromatic heterocycles. The summed E-state index contributed by atoms with van der Waals surface area (Å²) in [4.78, 5) is 39.7. The molecule has 112 valence electrons. The molecule has 9 nitrogen and oxygen atoms in total. The number of hydrogen-bond acceptors (Lipinski definition) is 5. The summed E-state index contributed by atoms with van der Waals surface area (Å²) in [5.74, 6) is 0.518. The highest BCUT2D eigenvalue weighted by Gasteiger charge is 2.18. The summed E-state index contributed by atoms with van der Waals surface area (Å²) in [6.45, 7) is 3.45. The second kappa shape index (κ2) is 5.35. The number of nitrogens with one attached hydrogen (secondary N) is 2. The van der Waals surface area contributed by atoms with Crippen molar-refractivity contribution in [1.29, 1.82) is 0 Å². The van der Waals surface area contributed by atoms with Gasteiger partial charge in [0.05, 0.1) is 6.04 Å². The first-order valence-corrected chi connectivity index (χ1v) is 6.28. The topological polar surface area (TPSA) is 115 Å². The average Bonchev–Trinajstić information content (AvgIpc) is 2.87. The average molecular weight is 292 g/mol. The van der Waals surface area contributed by atoms with Crippen LogP contribution in [0.1, 0.15) is 35.1 Å². The molecule has 2 aromatic rings. The first kappa shape index (κ1) is 14.7. The van der Waals surface area contributed by atoms with E-state index in [9.17, 15) is 14.4 Å². The second-order valence-electron chi connectivity index (χ2n) is 4.74. The van der Waals surface area contributed by atoms with Crippen molar-refractivity contribution in [1.82, 2.24) is 29.6 Å². The fourth-order valence-electron chi connectivity index (χ4n) is 1.84. The molecule has 0 aromatic carbocycles. The van der Waals surface area contributed by atoms with Crippen molar-refractivity contribution < 1.29 is 4.79 Å². The fraction of sp³-hybridized carbons (Fsp3) is 0.417. The van der Waals surface area contributed by atoms with Gasteiger partial charge in [-0.05, 0) is 13.8 Å². The largest absolute Gasteiger partial charge is 0.341 e. The molecule has 2 N–H and O–H groups in total. The zero-order chi connectivity index (χ0) is 15.7. The summed E-state index contributed by atoms with van der Waals surface area (Å²) in [6.07, 6.45) is 0. The Morgan fingerprint density at radius 2 is 2.00 bits per heavy atom. The number of H-pyrrole nitrogens is 1. The van der Waals surface area contributed by atoms with E-state index < -0.39 is 23.2 Å². The lowest BCUT2D eigenvalue weighted by Gasteiger charge is -2.13. The molecule has 0 radical (unpaired) electrons. The van der Waals surface area contributed by atoms with Crippen LogP contribution < -0.4 is 16.6 Å². The number of aryl methyl sites for hydroxylation is 1. The highest BCUT2D eigenvalue weighted by atomic mass is 16.2. The number of aromatic amines is 1. The Balaban J connectivity index is 2.29. The van der Waals surface area contributed by atoms with Gasteiger partial charge in [-0.25, -0.2) is 9.78 Å². The van der Waals surface area contributed by atoms with Crippen molar-refractivity contribution in [3.8, 4) is 0 Å². The number of hydrogen-bond donors (Lipinski definition) is 2. The quantitative estimate of drug-likeness (QED) is 0.753. The molecule has 0 aliphatic carbocycles. The third kappa shape index (κ3) is 2.76. The van der Waals surface area contributed by atoms with Gasteiger partial charge >= 0.3 is 5.69 Å². The highest BCUT2D eigenvalue weighted by Crippen LogP contribution is 2.06. The molecular formula is C12H16N6O3. The standard InChI is InChI=1S/C12H16N6O3/c1-6(10-14-7(2)15-16-10)13-11(20)8-5-9(19)18(4)12(21)17(8)3/h5-6H,1-4H3,(H,13,20)(H,14,15,16). The molecule has 0 bridgehead atoms. The van der Waals surface area contributed by atoms with E-state index in [1.807, 2.05) is 0 Å². The summed E-state index contributed by atoms with van der Waals surface area (Å²) in [5, 5.41) is 9.28. The minimum atomic E-state index is -0.561. The predicted octanol–water partition coefficient (Wildman–Crippen LogP) is -0.998. The Morgan fingerprint density at radius 1 is 1.33 bits per heavy atom. The van der Waals surface area contributed by atoms with Gasteiger partial charge in [-0.15, -0.1) is 0 Å². The van der Waals surface area contributed by atoms with Crippen LogP contribution in [-0.2, 0) is 14.1 Å². The van der Waals surface area contributed by atoms with Crippen molar-refractivity contribution in [3.63, 3.8) is 0 Å². The molecule has 1 unspecified atom stereocenters. The van der Waals surface area contributed by atoms with E-state index in [4.69, 9.17) is 0 Å². The molecule has 21 heavy (non-hydrogen) atoms. The monoisotopic (exact) mass is 292 g/mol. The number of nitrogens with zero attached hydrogens (tertiary/aromatic N) is 4. The predicted molar refractivity (Wildman–Crippen MR) is 73.9 cm³/mol. The molecule has 0 fully saturated rings. The third-order valence-corrected chi connectivity index (χ3v) is 3.11. The van der Waals surface area contributed by atoms with Crippen LogP contribution in [0.3, 0.4) is 0 Å². The van der Waals surface area contributed by atoms with Crippen molar-refractivity contribution in [2.75, 3.05) is 0 Å². The van der Waals surface area contributed by atoms with Gasteiger partial charge in [0.15, 0.2) is 5.82 Å². The number of carbonyl (C=O) groups excluding carboxylic acids is 1. The van der Waals surface area contributed by atoms with Gasteiger partial charge in [-0.1, -0.05) is 0 Å². The van der Waals surface area contributed by atoms with Gasteiger partial charge in [-0.2, -0.15) is 5.10 Å². The first-order valence-electron chi connectivity index (χ1n) is 6.28. The van der Waals surface area contributed by atoms with Crippen LogP contribution in [0.15, 0.2) is 15.7 Å². The van der Waals surface area contributed by atoms with Crippen molar-refractivity contribution in [2.24, 2.45) is 14.1 Å². The molecule has 0 aliphatic heterocycles. The van der Waals surface area contributed by atoms with Crippen LogP contribution in [0, 0.1) is 6.92 Å². The lowest BCUT2D eigenvalue weighted by molar-refractivity contribution is 0.0928. The van der Waals surface area contributed by atoms with Crippen molar-refractivity contribution in [3.05, 3.63) is 44.2 Å². The minimum Gasteiger partial charge on any atom is -0.341 e. The zero-order valence-electron chi connectivity index (χ0n) is 12.2. The molecule has 0 saturated carbocycles. The Kier molecular flexibility index (Phi) is 3.74. The van der Waals surface area contributed by atoms with Gasteiger partial charge < -0.3 is 5.32 Å². The summed E-state index contributed by atoms with van der Waals surface area (Å²) in [5.41, 5.74) is -1.11. The van der Waals surface area contributed by atoms with E-state index in [-0.39, 0.29) is 5.69 Å². The summed E-state index contributed by atoms with van der Waals surface area (Å²) >= 11 is 0. The summed E-state index contributed by atoms with van der Waals surface area (Å²) < 4.78 is 2.05. The maximum absolute atomic E-state index is 12.2. The Hall–Kier alpha value is -2.71. The molecule has 9 heteroatoms. The van der Waals surface area contributed by atoms with E-state index >= 15 is 0 Å². The zero-order valence-corrected chi connectivity index (χ0v) is 12.2. The molecule has 0 saturated heterocycles. The molecule has 0 aliphatic rings. The molecule has 2 rings (SSSR count). The van der Waals surface area contributed by atoms with E-state index in [0.717, 1.165) is 15.2 Å². The van der Waals surface area contributed by atoms with E-state index in [1.54, 1.807) is 13.8 Å². The Labute approximate surface area is 119 Å².